The van der Waals surface area contributed by atoms with E-state index in [9.17, 15) is 0 Å². The van der Waals surface area contributed by atoms with Crippen LogP contribution in [0.15, 0.2) is 28.1 Å². The van der Waals surface area contributed by atoms with E-state index in [4.69, 9.17) is 5.26 Å². The second kappa shape index (κ2) is 5.56. The lowest BCUT2D eigenvalue weighted by Crippen LogP contribution is -1.81. The first-order valence-electron chi connectivity index (χ1n) is 4.08. The maximum atomic E-state index is 8.52. The van der Waals surface area contributed by atoms with Gasteiger partial charge in [0.15, 0.2) is 0 Å². The molecule has 0 fully saturated rings. The van der Waals surface area contributed by atoms with Crippen molar-refractivity contribution in [1.82, 2.24) is 0 Å². The van der Waals surface area contributed by atoms with Gasteiger partial charge in [0.2, 0.25) is 0 Å². The Balaban J connectivity index is 3.12. The van der Waals surface area contributed by atoms with Crippen LogP contribution in [0, 0.1) is 10.7 Å². The van der Waals surface area contributed by atoms with Gasteiger partial charge in [-0.2, -0.15) is 10.3 Å². The minimum atomic E-state index is 0.838. The van der Waals surface area contributed by atoms with Gasteiger partial charge in [-0.3, -0.25) is 0 Å². The predicted octanol–water partition coefficient (Wildman–Crippen LogP) is 3.56. The molecule has 1 rings (SSSR count). The maximum absolute atomic E-state index is 8.52. The van der Waals surface area contributed by atoms with Crippen LogP contribution in [-0.2, 0) is 6.42 Å². The van der Waals surface area contributed by atoms with Crippen molar-refractivity contribution in [3.05, 3.63) is 23.8 Å². The van der Waals surface area contributed by atoms with Crippen molar-refractivity contribution >= 4 is 34.8 Å². The highest BCUT2D eigenvalue weighted by molar-refractivity contribution is 8.03. The second-order valence-electron chi connectivity index (χ2n) is 2.54. The van der Waals surface area contributed by atoms with Gasteiger partial charge in [-0.25, -0.2) is 0 Å². The molecule has 14 heavy (non-hydrogen) atoms. The number of isothiocyanates is 1. The van der Waals surface area contributed by atoms with Crippen LogP contribution < -0.4 is 0 Å². The first kappa shape index (κ1) is 10.9. The molecule has 0 saturated carbocycles. The summed E-state index contributed by atoms with van der Waals surface area (Å²) < 4.78 is 0. The van der Waals surface area contributed by atoms with Crippen LogP contribution in [-0.4, -0.2) is 5.16 Å². The summed E-state index contributed by atoms with van der Waals surface area (Å²) in [6.07, 6.45) is 0.871. The minimum absolute atomic E-state index is 0.838. The lowest BCUT2D eigenvalue weighted by atomic mass is 10.1. The number of benzene rings is 1. The molecule has 0 amide bonds. The second-order valence-corrected chi connectivity index (χ2v) is 3.58. The Morgan fingerprint density at radius 1 is 1.57 bits per heavy atom. The molecule has 0 atom stereocenters. The number of thiocarbonyl (C=S) groups is 1. The largest absolute Gasteiger partial charge is 0.194 e. The molecule has 1 aromatic rings. The SMILES string of the molecule is CCc1cc(SC#N)ccc1N=C=S. The Kier molecular flexibility index (Phi) is 4.34. The van der Waals surface area contributed by atoms with Crippen molar-refractivity contribution in [3.8, 4) is 5.40 Å². The minimum Gasteiger partial charge on any atom is -0.194 e. The summed E-state index contributed by atoms with van der Waals surface area (Å²) in [4.78, 5) is 4.89. The number of aryl methyl sites for hydroxylation is 1. The third kappa shape index (κ3) is 2.68. The summed E-state index contributed by atoms with van der Waals surface area (Å²) in [6.45, 7) is 2.04. The molecule has 70 valence electrons. The predicted molar refractivity (Wildman–Crippen MR) is 62.0 cm³/mol. The van der Waals surface area contributed by atoms with E-state index >= 15 is 0 Å². The zero-order chi connectivity index (χ0) is 10.4. The van der Waals surface area contributed by atoms with Crippen molar-refractivity contribution in [2.45, 2.75) is 18.2 Å². The topological polar surface area (TPSA) is 36.1 Å². The lowest BCUT2D eigenvalue weighted by molar-refractivity contribution is 1.12. The fourth-order valence-corrected chi connectivity index (χ4v) is 1.66. The highest BCUT2D eigenvalue weighted by Gasteiger charge is 2.01. The molecule has 0 saturated heterocycles. The van der Waals surface area contributed by atoms with E-state index < -0.39 is 0 Å². The number of thioether (sulfide) groups is 1. The summed E-state index contributed by atoms with van der Waals surface area (Å²) >= 11 is 5.70. The molecule has 4 heteroatoms. The summed E-state index contributed by atoms with van der Waals surface area (Å²) in [5.41, 5.74) is 1.92. The van der Waals surface area contributed by atoms with Gasteiger partial charge in [-0.15, -0.1) is 0 Å². The van der Waals surface area contributed by atoms with Crippen LogP contribution in [0.3, 0.4) is 0 Å². The number of aliphatic imine (C=N–C) groups is 1. The average molecular weight is 220 g/mol. The molecular formula is C10H8N2S2. The quantitative estimate of drug-likeness (QED) is 0.338. The van der Waals surface area contributed by atoms with Crippen LogP contribution in [0.5, 0.6) is 0 Å². The van der Waals surface area contributed by atoms with Crippen molar-refractivity contribution in [3.63, 3.8) is 0 Å². The Bertz CT molecular complexity index is 415. The van der Waals surface area contributed by atoms with Gasteiger partial charge in [0.25, 0.3) is 0 Å². The molecule has 0 aliphatic carbocycles. The zero-order valence-corrected chi connectivity index (χ0v) is 9.28. The van der Waals surface area contributed by atoms with Gasteiger partial charge < -0.3 is 0 Å². The van der Waals surface area contributed by atoms with Crippen LogP contribution >= 0.6 is 24.0 Å². The maximum Gasteiger partial charge on any atom is 0.138 e. The average Bonchev–Trinajstić information content (AvgIpc) is 2.21. The van der Waals surface area contributed by atoms with Crippen LogP contribution in [0.2, 0.25) is 0 Å². The van der Waals surface area contributed by atoms with Crippen molar-refractivity contribution < 1.29 is 0 Å². The highest BCUT2D eigenvalue weighted by atomic mass is 32.2. The third-order valence-electron chi connectivity index (χ3n) is 1.76. The number of hydrogen-bond acceptors (Lipinski definition) is 4. The van der Waals surface area contributed by atoms with Crippen molar-refractivity contribution in [2.24, 2.45) is 4.99 Å². The van der Waals surface area contributed by atoms with Gasteiger partial charge in [0.1, 0.15) is 5.40 Å². The third-order valence-corrected chi connectivity index (χ3v) is 2.43. The molecule has 0 aromatic heterocycles. The molecule has 0 bridgehead atoms. The van der Waals surface area contributed by atoms with E-state index in [1.165, 1.54) is 0 Å². The van der Waals surface area contributed by atoms with E-state index in [1.54, 1.807) is 0 Å². The Morgan fingerprint density at radius 3 is 2.93 bits per heavy atom. The highest BCUT2D eigenvalue weighted by Crippen LogP contribution is 2.25. The molecule has 0 N–H and O–H groups in total. The summed E-state index contributed by atoms with van der Waals surface area (Å²) in [5, 5.41) is 12.9. The van der Waals surface area contributed by atoms with Gasteiger partial charge in [-0.05, 0) is 54.2 Å². The standard InChI is InChI=1S/C10H8N2S2/c1-2-8-5-9(14-6-11)3-4-10(8)12-7-13/h3-5H,2H2,1H3. The number of nitrogens with zero attached hydrogens (tertiary/aromatic N) is 2. The van der Waals surface area contributed by atoms with E-state index in [-0.39, 0.29) is 0 Å². The van der Waals surface area contributed by atoms with Crippen molar-refractivity contribution in [2.75, 3.05) is 0 Å². The van der Waals surface area contributed by atoms with Gasteiger partial charge in [0.05, 0.1) is 10.8 Å². The van der Waals surface area contributed by atoms with Gasteiger partial charge in [-0.1, -0.05) is 6.92 Å². The first-order chi connectivity index (χ1) is 6.81. The van der Waals surface area contributed by atoms with Gasteiger partial charge >= 0.3 is 0 Å². The molecule has 0 unspecified atom stereocenters. The van der Waals surface area contributed by atoms with E-state index in [0.29, 0.717) is 0 Å². The summed E-state index contributed by atoms with van der Waals surface area (Å²) in [5.74, 6) is 0. The van der Waals surface area contributed by atoms with Crippen LogP contribution in [0.1, 0.15) is 12.5 Å². The molecular weight excluding hydrogens is 212 g/mol. The van der Waals surface area contributed by atoms with Crippen molar-refractivity contribution in [1.29, 1.82) is 5.26 Å². The molecule has 0 aliphatic rings. The number of rotatable bonds is 3. The molecule has 2 nitrogen and oxygen atoms in total. The first-order valence-corrected chi connectivity index (χ1v) is 5.31. The fourth-order valence-electron chi connectivity index (χ4n) is 1.12. The molecule has 0 spiro atoms. The smallest absolute Gasteiger partial charge is 0.138 e. The summed E-state index contributed by atoms with van der Waals surface area (Å²) in [6, 6.07) is 5.68. The zero-order valence-electron chi connectivity index (χ0n) is 7.65. The monoisotopic (exact) mass is 220 g/mol. The Labute approximate surface area is 92.7 Å². The number of hydrogen-bond donors (Lipinski definition) is 0. The van der Waals surface area contributed by atoms with Crippen LogP contribution in [0.4, 0.5) is 5.69 Å². The number of thiocyanates is 1. The van der Waals surface area contributed by atoms with E-state index in [0.717, 1.165) is 34.3 Å². The fraction of sp³-hybridized carbons (Fsp3) is 0.200. The van der Waals surface area contributed by atoms with Gasteiger partial charge in [0, 0.05) is 4.90 Å². The molecule has 0 radical (unpaired) electrons. The summed E-state index contributed by atoms with van der Waals surface area (Å²) in [7, 11) is 0. The normalized spacial score (nSPS) is 8.86. The Morgan fingerprint density at radius 2 is 2.36 bits per heavy atom. The van der Waals surface area contributed by atoms with E-state index in [2.05, 4.69) is 22.4 Å². The Hall–Kier alpha value is -1.14. The number of nitriles is 1. The molecule has 1 aromatic carbocycles. The molecule has 0 aliphatic heterocycles. The lowest BCUT2D eigenvalue weighted by Gasteiger charge is -2.02. The van der Waals surface area contributed by atoms with Crippen LogP contribution in [0.25, 0.3) is 0 Å². The molecule has 0 heterocycles. The van der Waals surface area contributed by atoms with E-state index in [1.807, 2.05) is 30.5 Å².